The van der Waals surface area contributed by atoms with Crippen LogP contribution in [0.3, 0.4) is 0 Å². The van der Waals surface area contributed by atoms with Crippen molar-refractivity contribution in [1.82, 2.24) is 4.90 Å². The number of anilines is 1. The average molecular weight is 396 g/mol. The van der Waals surface area contributed by atoms with Gasteiger partial charge in [-0.25, -0.2) is 0 Å². The first-order valence-electron chi connectivity index (χ1n) is 7.55. The molecule has 0 aromatic heterocycles. The van der Waals surface area contributed by atoms with Crippen LogP contribution in [-0.2, 0) is 16.1 Å². The highest BCUT2D eigenvalue weighted by Crippen LogP contribution is 2.22. The molecule has 0 spiro atoms. The van der Waals surface area contributed by atoms with E-state index in [1.54, 1.807) is 0 Å². The van der Waals surface area contributed by atoms with Crippen LogP contribution in [0.15, 0.2) is 18.2 Å². The zero-order chi connectivity index (χ0) is 15.9. The molecule has 1 atom stereocenters. The second-order valence-corrected chi connectivity index (χ2v) is 6.75. The largest absolute Gasteiger partial charge is 0.383 e. The Morgan fingerprint density at radius 3 is 2.67 bits per heavy atom. The number of nitrogens with one attached hydrogen (secondary N) is 1. The van der Waals surface area contributed by atoms with Crippen molar-refractivity contribution in [3.63, 3.8) is 0 Å². The Morgan fingerprint density at radius 1 is 1.38 bits per heavy atom. The van der Waals surface area contributed by atoms with E-state index in [1.165, 1.54) is 24.2 Å². The van der Waals surface area contributed by atoms with E-state index in [2.05, 4.69) is 16.3 Å². The molecular weight excluding hydrogens is 369 g/mol. The first-order valence-corrected chi connectivity index (χ1v) is 8.71. The maximum absolute atomic E-state index is 12.0. The van der Waals surface area contributed by atoms with E-state index in [0.717, 1.165) is 30.9 Å². The van der Waals surface area contributed by atoms with E-state index in [-0.39, 0.29) is 37.3 Å². The Morgan fingerprint density at radius 2 is 2.04 bits per heavy atom. The average Bonchev–Trinajstić information content (AvgIpc) is 2.52. The molecule has 1 aromatic rings. The summed E-state index contributed by atoms with van der Waals surface area (Å²) in [4.78, 5) is 14.5. The van der Waals surface area contributed by atoms with Crippen molar-refractivity contribution in [3.05, 3.63) is 29.3 Å². The fourth-order valence-electron chi connectivity index (χ4n) is 2.47. The van der Waals surface area contributed by atoms with Gasteiger partial charge in [-0.2, -0.15) is 11.8 Å². The van der Waals surface area contributed by atoms with Gasteiger partial charge in [0.1, 0.15) is 6.04 Å². The summed E-state index contributed by atoms with van der Waals surface area (Å²) in [6.07, 6.45) is 0. The van der Waals surface area contributed by atoms with Crippen molar-refractivity contribution in [2.45, 2.75) is 19.5 Å². The molecular formula is C16H27Cl2N3O2S. The van der Waals surface area contributed by atoms with Crippen molar-refractivity contribution < 1.29 is 9.53 Å². The van der Waals surface area contributed by atoms with E-state index >= 15 is 0 Å². The number of rotatable bonds is 6. The molecule has 24 heavy (non-hydrogen) atoms. The zero-order valence-corrected chi connectivity index (χ0v) is 16.6. The van der Waals surface area contributed by atoms with Crippen molar-refractivity contribution in [2.24, 2.45) is 5.73 Å². The van der Waals surface area contributed by atoms with Crippen LogP contribution in [-0.4, -0.2) is 55.2 Å². The van der Waals surface area contributed by atoms with Gasteiger partial charge in [0.2, 0.25) is 5.91 Å². The van der Waals surface area contributed by atoms with Gasteiger partial charge in [-0.3, -0.25) is 9.69 Å². The van der Waals surface area contributed by atoms with Crippen LogP contribution in [0.1, 0.15) is 11.1 Å². The Kier molecular flexibility index (Phi) is 11.7. The SMILES string of the molecule is COCC(N)C(=O)Nc1cccc(CN2CCSCC2)c1C.Cl.Cl. The van der Waals surface area contributed by atoms with Crippen molar-refractivity contribution >= 4 is 48.2 Å². The fourth-order valence-corrected chi connectivity index (χ4v) is 3.45. The molecule has 1 heterocycles. The van der Waals surface area contributed by atoms with Crippen LogP contribution >= 0.6 is 36.6 Å². The van der Waals surface area contributed by atoms with Gasteiger partial charge in [0, 0.05) is 43.9 Å². The number of nitrogens with zero attached hydrogens (tertiary/aromatic N) is 1. The Bertz CT molecular complexity index is 514. The fraction of sp³-hybridized carbons (Fsp3) is 0.562. The molecule has 5 nitrogen and oxygen atoms in total. The number of thioether (sulfide) groups is 1. The number of carbonyl (C=O) groups excluding carboxylic acids is 1. The lowest BCUT2D eigenvalue weighted by Gasteiger charge is -2.27. The third-order valence-electron chi connectivity index (χ3n) is 3.88. The van der Waals surface area contributed by atoms with Gasteiger partial charge in [-0.15, -0.1) is 24.8 Å². The Labute approximate surface area is 160 Å². The van der Waals surface area contributed by atoms with E-state index in [4.69, 9.17) is 10.5 Å². The lowest BCUT2D eigenvalue weighted by molar-refractivity contribution is -0.118. The minimum absolute atomic E-state index is 0. The molecule has 2 rings (SSSR count). The Balaban J connectivity index is 0.00000264. The van der Waals surface area contributed by atoms with Gasteiger partial charge < -0.3 is 15.8 Å². The molecule has 1 aliphatic rings. The number of amides is 1. The summed E-state index contributed by atoms with van der Waals surface area (Å²) in [5.41, 5.74) is 8.96. The number of methoxy groups -OCH3 is 1. The molecule has 0 saturated carbocycles. The van der Waals surface area contributed by atoms with Crippen molar-refractivity contribution in [1.29, 1.82) is 0 Å². The first kappa shape index (κ1) is 23.5. The monoisotopic (exact) mass is 395 g/mol. The molecule has 1 saturated heterocycles. The predicted octanol–water partition coefficient (Wildman–Crippen LogP) is 2.30. The topological polar surface area (TPSA) is 67.6 Å². The predicted molar refractivity (Wildman–Crippen MR) is 107 cm³/mol. The summed E-state index contributed by atoms with van der Waals surface area (Å²) in [7, 11) is 1.54. The van der Waals surface area contributed by atoms with Gasteiger partial charge >= 0.3 is 0 Å². The number of hydrogen-bond acceptors (Lipinski definition) is 5. The smallest absolute Gasteiger partial charge is 0.243 e. The van der Waals surface area contributed by atoms with Crippen molar-refractivity contribution in [2.75, 3.05) is 43.6 Å². The maximum atomic E-state index is 12.0. The van der Waals surface area contributed by atoms with Crippen molar-refractivity contribution in [3.8, 4) is 0 Å². The normalized spacial score (nSPS) is 15.8. The van der Waals surface area contributed by atoms with Gasteiger partial charge in [-0.05, 0) is 24.1 Å². The molecule has 0 radical (unpaired) electrons. The van der Waals surface area contributed by atoms with E-state index < -0.39 is 6.04 Å². The van der Waals surface area contributed by atoms with Crippen LogP contribution in [0.4, 0.5) is 5.69 Å². The van der Waals surface area contributed by atoms with Crippen LogP contribution in [0.2, 0.25) is 0 Å². The summed E-state index contributed by atoms with van der Waals surface area (Å²) in [5.74, 6) is 2.18. The van der Waals surface area contributed by atoms with E-state index in [0.29, 0.717) is 0 Å². The third kappa shape index (κ3) is 6.78. The first-order chi connectivity index (χ1) is 10.6. The molecule has 1 amide bonds. The molecule has 8 heteroatoms. The van der Waals surface area contributed by atoms with E-state index in [1.807, 2.05) is 30.8 Å². The molecule has 1 aliphatic heterocycles. The number of hydrogen-bond donors (Lipinski definition) is 2. The van der Waals surface area contributed by atoms with Gasteiger partial charge in [0.25, 0.3) is 0 Å². The summed E-state index contributed by atoms with van der Waals surface area (Å²) in [6.45, 7) is 5.44. The summed E-state index contributed by atoms with van der Waals surface area (Å²) >= 11 is 2.01. The summed E-state index contributed by atoms with van der Waals surface area (Å²) < 4.78 is 4.92. The van der Waals surface area contributed by atoms with Crippen LogP contribution in [0.5, 0.6) is 0 Å². The molecule has 138 valence electrons. The second kappa shape index (κ2) is 12.0. The quantitative estimate of drug-likeness (QED) is 0.773. The van der Waals surface area contributed by atoms with Gasteiger partial charge in [-0.1, -0.05) is 12.1 Å². The van der Waals surface area contributed by atoms with Crippen LogP contribution < -0.4 is 11.1 Å². The number of benzene rings is 1. The zero-order valence-electron chi connectivity index (χ0n) is 14.1. The molecule has 0 bridgehead atoms. The number of halogens is 2. The number of ether oxygens (including phenoxy) is 1. The van der Waals surface area contributed by atoms with Gasteiger partial charge in [0.15, 0.2) is 0 Å². The minimum Gasteiger partial charge on any atom is -0.383 e. The highest BCUT2D eigenvalue weighted by molar-refractivity contribution is 7.99. The van der Waals surface area contributed by atoms with E-state index in [9.17, 15) is 4.79 Å². The molecule has 3 N–H and O–H groups in total. The highest BCUT2D eigenvalue weighted by atomic mass is 35.5. The lowest BCUT2D eigenvalue weighted by Crippen LogP contribution is -2.39. The standard InChI is InChI=1S/C16H25N3O2S.2ClH/c1-12-13(10-19-6-8-22-9-7-19)4-3-5-15(12)18-16(20)14(17)11-21-2;;/h3-5,14H,6-11,17H2,1-2H3,(H,18,20);2*1H. The minimum atomic E-state index is -0.646. The molecule has 0 aliphatic carbocycles. The van der Waals surface area contributed by atoms with Crippen LogP contribution in [0, 0.1) is 6.92 Å². The summed E-state index contributed by atoms with van der Waals surface area (Å²) in [6, 6.07) is 5.38. The molecule has 1 aromatic carbocycles. The van der Waals surface area contributed by atoms with Gasteiger partial charge in [0.05, 0.1) is 6.61 Å². The number of nitrogens with two attached hydrogens (primary N) is 1. The van der Waals surface area contributed by atoms with Crippen LogP contribution in [0.25, 0.3) is 0 Å². The lowest BCUT2D eigenvalue weighted by atomic mass is 10.1. The molecule has 1 unspecified atom stereocenters. The molecule has 1 fully saturated rings. The summed E-state index contributed by atoms with van der Waals surface area (Å²) in [5, 5.41) is 2.91. The maximum Gasteiger partial charge on any atom is 0.243 e. The third-order valence-corrected chi connectivity index (χ3v) is 4.83. The highest BCUT2D eigenvalue weighted by Gasteiger charge is 2.16. The second-order valence-electron chi connectivity index (χ2n) is 5.53. The Hall–Kier alpha value is -0.500. The number of carbonyl (C=O) groups is 1.